The van der Waals surface area contributed by atoms with Crippen molar-refractivity contribution in [2.24, 2.45) is 0 Å². The van der Waals surface area contributed by atoms with E-state index >= 15 is 0 Å². The molecule has 80 valence electrons. The lowest BCUT2D eigenvalue weighted by molar-refractivity contribution is -0.142. The molecule has 1 fully saturated rings. The van der Waals surface area contributed by atoms with E-state index in [1.807, 2.05) is 17.9 Å². The predicted molar refractivity (Wildman–Crippen MR) is 56.5 cm³/mol. The molecule has 1 unspecified atom stereocenters. The summed E-state index contributed by atoms with van der Waals surface area (Å²) >= 11 is 5.69. The Morgan fingerprint density at radius 1 is 1.71 bits per heavy atom. The summed E-state index contributed by atoms with van der Waals surface area (Å²) in [5.74, 6) is -0.700. The van der Waals surface area contributed by atoms with Gasteiger partial charge in [0.15, 0.2) is 0 Å². The SMILES string of the molecule is C/C(Cl)=C\CCN1CCCC1C(=O)O. The number of likely N-dealkylation sites (tertiary alicyclic amines) is 1. The number of hydrogen-bond donors (Lipinski definition) is 1. The molecular weight excluding hydrogens is 202 g/mol. The minimum absolute atomic E-state index is 0.279. The number of carboxylic acid groups (broad SMARTS) is 1. The quantitative estimate of drug-likeness (QED) is 0.784. The maximum atomic E-state index is 10.8. The number of carbonyl (C=O) groups is 1. The summed E-state index contributed by atoms with van der Waals surface area (Å²) in [4.78, 5) is 12.8. The van der Waals surface area contributed by atoms with E-state index < -0.39 is 5.97 Å². The molecular formula is C10H16ClNO2. The van der Waals surface area contributed by atoms with Crippen molar-refractivity contribution in [1.82, 2.24) is 4.90 Å². The molecule has 1 rings (SSSR count). The van der Waals surface area contributed by atoms with Gasteiger partial charge in [-0.1, -0.05) is 17.7 Å². The molecule has 0 saturated carbocycles. The second kappa shape index (κ2) is 5.37. The van der Waals surface area contributed by atoms with Crippen molar-refractivity contribution in [1.29, 1.82) is 0 Å². The Hall–Kier alpha value is -0.540. The van der Waals surface area contributed by atoms with Crippen LogP contribution in [-0.4, -0.2) is 35.1 Å². The van der Waals surface area contributed by atoms with Crippen LogP contribution < -0.4 is 0 Å². The van der Waals surface area contributed by atoms with Gasteiger partial charge in [-0.25, -0.2) is 0 Å². The van der Waals surface area contributed by atoms with Crippen molar-refractivity contribution in [3.63, 3.8) is 0 Å². The Labute approximate surface area is 89.3 Å². The first kappa shape index (κ1) is 11.5. The molecule has 0 aromatic carbocycles. The van der Waals surface area contributed by atoms with Gasteiger partial charge in [-0.05, 0) is 32.7 Å². The Morgan fingerprint density at radius 3 is 3.00 bits per heavy atom. The first-order valence-corrected chi connectivity index (χ1v) is 5.28. The summed E-state index contributed by atoms with van der Waals surface area (Å²) in [6.07, 6.45) is 4.53. The molecule has 3 nitrogen and oxygen atoms in total. The first-order chi connectivity index (χ1) is 6.61. The zero-order chi connectivity index (χ0) is 10.6. The average Bonchev–Trinajstić information content (AvgIpc) is 2.51. The third kappa shape index (κ3) is 3.31. The monoisotopic (exact) mass is 217 g/mol. The molecule has 0 radical (unpaired) electrons. The van der Waals surface area contributed by atoms with E-state index in [1.165, 1.54) is 0 Å². The van der Waals surface area contributed by atoms with Crippen LogP contribution in [0.3, 0.4) is 0 Å². The third-order valence-corrected chi connectivity index (χ3v) is 2.64. The van der Waals surface area contributed by atoms with Crippen LogP contribution >= 0.6 is 11.6 Å². The third-order valence-electron chi connectivity index (χ3n) is 2.49. The van der Waals surface area contributed by atoms with E-state index in [2.05, 4.69) is 0 Å². The minimum Gasteiger partial charge on any atom is -0.480 e. The van der Waals surface area contributed by atoms with E-state index in [1.54, 1.807) is 0 Å². The van der Waals surface area contributed by atoms with Gasteiger partial charge in [-0.3, -0.25) is 9.69 Å². The molecule has 1 aliphatic heterocycles. The van der Waals surface area contributed by atoms with Crippen molar-refractivity contribution < 1.29 is 9.90 Å². The molecule has 0 spiro atoms. The number of allylic oxidation sites excluding steroid dienone is 1. The summed E-state index contributed by atoms with van der Waals surface area (Å²) in [5, 5.41) is 9.68. The van der Waals surface area contributed by atoms with E-state index in [9.17, 15) is 4.79 Å². The second-order valence-corrected chi connectivity index (χ2v) is 4.21. The van der Waals surface area contributed by atoms with Gasteiger partial charge in [0.05, 0.1) is 0 Å². The fraction of sp³-hybridized carbons (Fsp3) is 0.700. The molecule has 1 atom stereocenters. The summed E-state index contributed by atoms with van der Waals surface area (Å²) in [7, 11) is 0. The molecule has 14 heavy (non-hydrogen) atoms. The highest BCUT2D eigenvalue weighted by Crippen LogP contribution is 2.17. The van der Waals surface area contributed by atoms with Gasteiger partial charge in [-0.15, -0.1) is 0 Å². The molecule has 0 amide bonds. The Morgan fingerprint density at radius 2 is 2.43 bits per heavy atom. The highest BCUT2D eigenvalue weighted by atomic mass is 35.5. The van der Waals surface area contributed by atoms with Gasteiger partial charge in [0, 0.05) is 11.6 Å². The van der Waals surface area contributed by atoms with Gasteiger partial charge in [0.1, 0.15) is 6.04 Å². The highest BCUT2D eigenvalue weighted by Gasteiger charge is 2.29. The predicted octanol–water partition coefficient (Wildman–Crippen LogP) is 2.07. The average molecular weight is 218 g/mol. The molecule has 0 bridgehead atoms. The smallest absolute Gasteiger partial charge is 0.320 e. The molecule has 1 N–H and O–H groups in total. The zero-order valence-corrected chi connectivity index (χ0v) is 9.13. The van der Waals surface area contributed by atoms with Crippen LogP contribution in [0.4, 0.5) is 0 Å². The molecule has 1 heterocycles. The van der Waals surface area contributed by atoms with Crippen LogP contribution in [0.1, 0.15) is 26.2 Å². The van der Waals surface area contributed by atoms with Crippen LogP contribution in [0.25, 0.3) is 0 Å². The lowest BCUT2D eigenvalue weighted by Crippen LogP contribution is -2.36. The number of nitrogens with zero attached hydrogens (tertiary/aromatic N) is 1. The normalized spacial score (nSPS) is 24.1. The van der Waals surface area contributed by atoms with Crippen molar-refractivity contribution >= 4 is 17.6 Å². The highest BCUT2D eigenvalue weighted by molar-refractivity contribution is 6.29. The van der Waals surface area contributed by atoms with E-state index in [0.717, 1.165) is 37.4 Å². The van der Waals surface area contributed by atoms with Gasteiger partial charge in [0.2, 0.25) is 0 Å². The van der Waals surface area contributed by atoms with E-state index in [4.69, 9.17) is 16.7 Å². The van der Waals surface area contributed by atoms with Gasteiger partial charge in [0.25, 0.3) is 0 Å². The Bertz CT molecular complexity index is 236. The molecule has 0 aromatic heterocycles. The summed E-state index contributed by atoms with van der Waals surface area (Å²) in [6.45, 7) is 3.52. The van der Waals surface area contributed by atoms with Crippen LogP contribution in [0, 0.1) is 0 Å². The number of carboxylic acids is 1. The number of rotatable bonds is 4. The minimum atomic E-state index is -0.700. The second-order valence-electron chi connectivity index (χ2n) is 3.61. The summed E-state index contributed by atoms with van der Waals surface area (Å²) < 4.78 is 0. The molecule has 1 saturated heterocycles. The maximum absolute atomic E-state index is 10.8. The summed E-state index contributed by atoms with van der Waals surface area (Å²) in [6, 6.07) is -0.279. The van der Waals surface area contributed by atoms with E-state index in [0.29, 0.717) is 0 Å². The standard InChI is InChI=1S/C10H16ClNO2/c1-8(11)4-2-6-12-7-3-5-9(12)10(13)14/h4,9H,2-3,5-7H2,1H3,(H,13,14)/b8-4+. The zero-order valence-electron chi connectivity index (χ0n) is 8.37. The number of hydrogen-bond acceptors (Lipinski definition) is 2. The summed E-state index contributed by atoms with van der Waals surface area (Å²) in [5.41, 5.74) is 0. The lowest BCUT2D eigenvalue weighted by Gasteiger charge is -2.19. The maximum Gasteiger partial charge on any atom is 0.320 e. The fourth-order valence-corrected chi connectivity index (χ4v) is 1.91. The Kier molecular flexibility index (Phi) is 4.42. The van der Waals surface area contributed by atoms with Crippen LogP contribution in [0.15, 0.2) is 11.1 Å². The molecule has 0 aliphatic carbocycles. The first-order valence-electron chi connectivity index (χ1n) is 4.90. The van der Waals surface area contributed by atoms with Gasteiger partial charge >= 0.3 is 5.97 Å². The van der Waals surface area contributed by atoms with Crippen molar-refractivity contribution in [3.05, 3.63) is 11.1 Å². The topological polar surface area (TPSA) is 40.5 Å². The fourth-order valence-electron chi connectivity index (χ4n) is 1.80. The molecule has 1 aliphatic rings. The van der Waals surface area contributed by atoms with E-state index in [-0.39, 0.29) is 6.04 Å². The van der Waals surface area contributed by atoms with Crippen molar-refractivity contribution in [3.8, 4) is 0 Å². The van der Waals surface area contributed by atoms with Gasteiger partial charge < -0.3 is 5.11 Å². The largest absolute Gasteiger partial charge is 0.480 e. The van der Waals surface area contributed by atoms with Crippen LogP contribution in [-0.2, 0) is 4.79 Å². The molecule has 4 heteroatoms. The van der Waals surface area contributed by atoms with Crippen molar-refractivity contribution in [2.45, 2.75) is 32.2 Å². The van der Waals surface area contributed by atoms with Crippen molar-refractivity contribution in [2.75, 3.05) is 13.1 Å². The van der Waals surface area contributed by atoms with Gasteiger partial charge in [-0.2, -0.15) is 0 Å². The molecule has 0 aromatic rings. The lowest BCUT2D eigenvalue weighted by atomic mass is 10.2. The van der Waals surface area contributed by atoms with Crippen LogP contribution in [0.2, 0.25) is 0 Å². The number of aliphatic carboxylic acids is 1. The Balaban J connectivity index is 2.36. The van der Waals surface area contributed by atoms with Crippen LogP contribution in [0.5, 0.6) is 0 Å². The number of halogens is 1.